The van der Waals surface area contributed by atoms with Gasteiger partial charge < -0.3 is 15.5 Å². The minimum atomic E-state index is -0.596. The van der Waals surface area contributed by atoms with E-state index in [1.807, 2.05) is 0 Å². The third-order valence-corrected chi connectivity index (χ3v) is 3.51. The van der Waals surface area contributed by atoms with Crippen molar-refractivity contribution in [2.75, 3.05) is 18.9 Å². The zero-order chi connectivity index (χ0) is 15.7. The Balaban J connectivity index is 1.71. The summed E-state index contributed by atoms with van der Waals surface area (Å²) in [7, 11) is 1.63. The Hall–Kier alpha value is -2.61. The molecular weight excluding hydrogens is 308 g/mol. The summed E-state index contributed by atoms with van der Waals surface area (Å²) in [5, 5.41) is 9.88. The highest BCUT2D eigenvalue weighted by molar-refractivity contribution is 6.32. The largest absolute Gasteiger partial charge is 0.325 e. The molecule has 22 heavy (non-hydrogen) atoms. The number of hydrogen-bond acceptors (Lipinski definition) is 4. The standard InChI is InChI=1S/C13H13ClN6O2/c1-19-7-9(16-13(19)22)12(21)17-10-4-6-20(18-10)11-8(14)3-2-5-15-11/h2-6,9H,7H2,1H3,(H,16,22)(H,17,18,21). The van der Waals surface area contributed by atoms with Gasteiger partial charge in [-0.3, -0.25) is 4.79 Å². The van der Waals surface area contributed by atoms with Gasteiger partial charge in [-0.25, -0.2) is 14.5 Å². The minimum Gasteiger partial charge on any atom is -0.325 e. The van der Waals surface area contributed by atoms with E-state index in [2.05, 4.69) is 20.7 Å². The second-order valence-electron chi connectivity index (χ2n) is 4.83. The SMILES string of the molecule is CN1CC(C(=O)Nc2ccn(-c3ncccc3Cl)n2)NC1=O. The van der Waals surface area contributed by atoms with Crippen LogP contribution in [0.3, 0.4) is 0 Å². The number of carbonyl (C=O) groups excluding carboxylic acids is 2. The number of rotatable bonds is 3. The lowest BCUT2D eigenvalue weighted by atomic mass is 10.3. The summed E-state index contributed by atoms with van der Waals surface area (Å²) >= 11 is 6.05. The highest BCUT2D eigenvalue weighted by Crippen LogP contribution is 2.17. The Kier molecular flexibility index (Phi) is 3.68. The molecule has 0 bridgehead atoms. The van der Waals surface area contributed by atoms with Gasteiger partial charge in [-0.1, -0.05) is 11.6 Å². The third-order valence-electron chi connectivity index (χ3n) is 3.21. The van der Waals surface area contributed by atoms with Crippen LogP contribution in [0.25, 0.3) is 5.82 Å². The molecule has 0 aliphatic carbocycles. The van der Waals surface area contributed by atoms with Crippen LogP contribution in [-0.2, 0) is 4.79 Å². The van der Waals surface area contributed by atoms with Gasteiger partial charge in [-0.15, -0.1) is 5.10 Å². The second-order valence-corrected chi connectivity index (χ2v) is 5.23. The summed E-state index contributed by atoms with van der Waals surface area (Å²) in [5.41, 5.74) is 0. The van der Waals surface area contributed by atoms with Gasteiger partial charge in [0.05, 0.1) is 11.6 Å². The van der Waals surface area contributed by atoms with Gasteiger partial charge >= 0.3 is 6.03 Å². The fraction of sp³-hybridized carbons (Fsp3) is 0.231. The number of aromatic nitrogens is 3. The quantitative estimate of drug-likeness (QED) is 0.878. The molecule has 1 aliphatic heterocycles. The van der Waals surface area contributed by atoms with Crippen molar-refractivity contribution in [3.8, 4) is 5.82 Å². The van der Waals surface area contributed by atoms with E-state index in [1.54, 1.807) is 37.6 Å². The van der Waals surface area contributed by atoms with Crippen molar-refractivity contribution in [2.24, 2.45) is 0 Å². The average molecular weight is 321 g/mol. The molecule has 3 rings (SSSR count). The maximum Gasteiger partial charge on any atom is 0.317 e. The number of halogens is 1. The number of amides is 3. The van der Waals surface area contributed by atoms with Crippen molar-refractivity contribution in [3.63, 3.8) is 0 Å². The number of nitrogens with one attached hydrogen (secondary N) is 2. The van der Waals surface area contributed by atoms with Crippen LogP contribution in [0.2, 0.25) is 5.02 Å². The van der Waals surface area contributed by atoms with Gasteiger partial charge in [0.15, 0.2) is 11.6 Å². The summed E-state index contributed by atoms with van der Waals surface area (Å²) in [6, 6.07) is 4.18. The zero-order valence-electron chi connectivity index (χ0n) is 11.7. The van der Waals surface area contributed by atoms with Crippen molar-refractivity contribution in [1.29, 1.82) is 0 Å². The molecule has 8 nitrogen and oxygen atoms in total. The monoisotopic (exact) mass is 320 g/mol. The van der Waals surface area contributed by atoms with Crippen molar-refractivity contribution in [1.82, 2.24) is 25.0 Å². The average Bonchev–Trinajstić information content (AvgIpc) is 3.07. The van der Waals surface area contributed by atoms with E-state index in [9.17, 15) is 9.59 Å². The zero-order valence-corrected chi connectivity index (χ0v) is 12.4. The number of carbonyl (C=O) groups is 2. The lowest BCUT2D eigenvalue weighted by Gasteiger charge is -2.08. The Morgan fingerprint density at radius 1 is 1.50 bits per heavy atom. The highest BCUT2D eigenvalue weighted by Gasteiger charge is 2.31. The summed E-state index contributed by atoms with van der Waals surface area (Å²) in [6.45, 7) is 0.317. The molecule has 2 N–H and O–H groups in total. The molecular formula is C13H13ClN6O2. The second kappa shape index (κ2) is 5.64. The summed E-state index contributed by atoms with van der Waals surface area (Å²) in [6.07, 6.45) is 3.24. The molecule has 1 aliphatic rings. The first-order chi connectivity index (χ1) is 10.5. The van der Waals surface area contributed by atoms with Crippen LogP contribution in [0.5, 0.6) is 0 Å². The van der Waals surface area contributed by atoms with Gasteiger partial charge in [0.1, 0.15) is 6.04 Å². The van der Waals surface area contributed by atoms with E-state index in [-0.39, 0.29) is 11.9 Å². The van der Waals surface area contributed by atoms with Crippen LogP contribution in [0.4, 0.5) is 10.6 Å². The molecule has 0 saturated carbocycles. The van der Waals surface area contributed by atoms with Crippen LogP contribution < -0.4 is 10.6 Å². The molecule has 0 aromatic carbocycles. The van der Waals surface area contributed by atoms with E-state index in [0.717, 1.165) is 0 Å². The van der Waals surface area contributed by atoms with Gasteiger partial charge in [0.2, 0.25) is 5.91 Å². The van der Waals surface area contributed by atoms with Gasteiger partial charge in [0.25, 0.3) is 0 Å². The lowest BCUT2D eigenvalue weighted by molar-refractivity contribution is -0.117. The Morgan fingerprint density at radius 3 is 3.00 bits per heavy atom. The van der Waals surface area contributed by atoms with Crippen molar-refractivity contribution < 1.29 is 9.59 Å². The molecule has 3 amide bonds. The van der Waals surface area contributed by atoms with Crippen molar-refractivity contribution in [3.05, 3.63) is 35.6 Å². The topological polar surface area (TPSA) is 92.2 Å². The van der Waals surface area contributed by atoms with E-state index in [0.29, 0.717) is 23.2 Å². The fourth-order valence-electron chi connectivity index (χ4n) is 2.08. The molecule has 0 radical (unpaired) electrons. The fourth-order valence-corrected chi connectivity index (χ4v) is 2.29. The Bertz CT molecular complexity index is 731. The summed E-state index contributed by atoms with van der Waals surface area (Å²) < 4.78 is 1.47. The number of pyridine rings is 1. The molecule has 1 fully saturated rings. The molecule has 1 atom stereocenters. The molecule has 2 aromatic heterocycles. The van der Waals surface area contributed by atoms with Crippen LogP contribution in [0.15, 0.2) is 30.6 Å². The lowest BCUT2D eigenvalue weighted by Crippen LogP contribution is -2.38. The maximum absolute atomic E-state index is 12.1. The maximum atomic E-state index is 12.1. The first-order valence-electron chi connectivity index (χ1n) is 6.53. The van der Waals surface area contributed by atoms with E-state index < -0.39 is 6.04 Å². The normalized spacial score (nSPS) is 17.5. The number of hydrogen-bond donors (Lipinski definition) is 2. The Morgan fingerprint density at radius 2 is 2.32 bits per heavy atom. The molecule has 1 saturated heterocycles. The van der Waals surface area contributed by atoms with Gasteiger partial charge in [0, 0.05) is 25.5 Å². The summed E-state index contributed by atoms with van der Waals surface area (Å²) in [5.74, 6) is 0.504. The number of likely N-dealkylation sites (N-methyl/N-ethyl adjacent to an activating group) is 1. The number of urea groups is 1. The first-order valence-corrected chi connectivity index (χ1v) is 6.91. The number of anilines is 1. The first kappa shape index (κ1) is 14.3. The van der Waals surface area contributed by atoms with Gasteiger partial charge in [-0.2, -0.15) is 0 Å². The highest BCUT2D eigenvalue weighted by atomic mass is 35.5. The minimum absolute atomic E-state index is 0.272. The van der Waals surface area contributed by atoms with Gasteiger partial charge in [-0.05, 0) is 12.1 Å². The van der Waals surface area contributed by atoms with Crippen molar-refractivity contribution in [2.45, 2.75) is 6.04 Å². The predicted octanol–water partition coefficient (Wildman–Crippen LogP) is 0.883. The van der Waals surface area contributed by atoms with E-state index in [4.69, 9.17) is 11.6 Å². The third kappa shape index (κ3) is 2.73. The van der Waals surface area contributed by atoms with Crippen LogP contribution in [0.1, 0.15) is 0 Å². The Labute approximate surface area is 131 Å². The van der Waals surface area contributed by atoms with Crippen LogP contribution >= 0.6 is 11.6 Å². The summed E-state index contributed by atoms with van der Waals surface area (Å²) in [4.78, 5) is 29.0. The van der Waals surface area contributed by atoms with Crippen LogP contribution in [0, 0.1) is 0 Å². The van der Waals surface area contributed by atoms with Crippen LogP contribution in [-0.4, -0.2) is 51.2 Å². The molecule has 2 aromatic rings. The molecule has 9 heteroatoms. The van der Waals surface area contributed by atoms with E-state index in [1.165, 1.54) is 9.58 Å². The smallest absolute Gasteiger partial charge is 0.317 e. The molecule has 0 spiro atoms. The number of nitrogens with zero attached hydrogens (tertiary/aromatic N) is 4. The molecule has 1 unspecified atom stereocenters. The van der Waals surface area contributed by atoms with Crippen molar-refractivity contribution >= 4 is 29.4 Å². The van der Waals surface area contributed by atoms with E-state index >= 15 is 0 Å². The predicted molar refractivity (Wildman–Crippen MR) is 79.9 cm³/mol. The molecule has 3 heterocycles. The molecule has 114 valence electrons.